The van der Waals surface area contributed by atoms with E-state index in [2.05, 4.69) is 0 Å². The first-order chi connectivity index (χ1) is 14.9. The van der Waals surface area contributed by atoms with Gasteiger partial charge in [-0.2, -0.15) is 0 Å². The van der Waals surface area contributed by atoms with E-state index in [1.165, 1.54) is 23.9 Å². The number of aromatic carboxylic acids is 1. The molecule has 1 aromatic heterocycles. The summed E-state index contributed by atoms with van der Waals surface area (Å²) in [6.45, 7) is 0.380. The maximum atomic E-state index is 12.9. The van der Waals surface area contributed by atoms with Crippen LogP contribution in [0.5, 0.6) is 5.75 Å². The van der Waals surface area contributed by atoms with Crippen molar-refractivity contribution in [2.24, 2.45) is 0 Å². The summed E-state index contributed by atoms with van der Waals surface area (Å²) >= 11 is 6.63. The van der Waals surface area contributed by atoms with Gasteiger partial charge in [-0.1, -0.05) is 48.2 Å². The molecule has 1 aliphatic rings. The van der Waals surface area contributed by atoms with Gasteiger partial charge < -0.3 is 14.3 Å². The quantitative estimate of drug-likeness (QED) is 0.415. The number of hydrogen-bond acceptors (Lipinski definition) is 6. The third kappa shape index (κ3) is 4.55. The van der Waals surface area contributed by atoms with Crippen molar-refractivity contribution in [2.75, 3.05) is 7.11 Å². The summed E-state index contributed by atoms with van der Waals surface area (Å²) in [5.74, 6) is 0.692. The molecule has 1 saturated heterocycles. The van der Waals surface area contributed by atoms with Crippen molar-refractivity contribution < 1.29 is 23.8 Å². The molecule has 31 heavy (non-hydrogen) atoms. The zero-order chi connectivity index (χ0) is 22.0. The summed E-state index contributed by atoms with van der Waals surface area (Å²) in [4.78, 5) is 25.9. The zero-order valence-electron chi connectivity index (χ0n) is 16.4. The van der Waals surface area contributed by atoms with Gasteiger partial charge in [0.2, 0.25) is 0 Å². The Bertz CT molecular complexity index is 1180. The number of carbonyl (C=O) groups excluding carboxylic acids is 1. The molecule has 2 aromatic carbocycles. The third-order valence-corrected chi connectivity index (χ3v) is 6.07. The molecule has 1 fully saturated rings. The minimum atomic E-state index is -0.983. The standard InChI is InChI=1S/C23H17NO5S2/c1-28-17-8-2-14(3-9-17)13-24-21(25)20(31-23(24)30)12-18-10-11-19(29-18)15-4-6-16(7-5-15)22(26)27/h2-12H,13H2,1H3,(H,26,27). The van der Waals surface area contributed by atoms with Gasteiger partial charge >= 0.3 is 5.97 Å². The fourth-order valence-corrected chi connectivity index (χ4v) is 4.28. The number of methoxy groups -OCH3 is 1. The van der Waals surface area contributed by atoms with Gasteiger partial charge in [-0.3, -0.25) is 9.69 Å². The number of carboxylic acid groups (broad SMARTS) is 1. The van der Waals surface area contributed by atoms with E-state index in [1.807, 2.05) is 24.3 Å². The normalized spacial score (nSPS) is 15.0. The smallest absolute Gasteiger partial charge is 0.335 e. The van der Waals surface area contributed by atoms with Gasteiger partial charge in [0.25, 0.3) is 5.91 Å². The zero-order valence-corrected chi connectivity index (χ0v) is 18.0. The van der Waals surface area contributed by atoms with Crippen LogP contribution in [0.2, 0.25) is 0 Å². The molecule has 0 unspecified atom stereocenters. The molecule has 0 aliphatic carbocycles. The molecular formula is C23H17NO5S2. The number of thioether (sulfide) groups is 1. The highest BCUT2D eigenvalue weighted by Gasteiger charge is 2.32. The van der Waals surface area contributed by atoms with E-state index < -0.39 is 5.97 Å². The number of carboxylic acids is 1. The van der Waals surface area contributed by atoms with E-state index in [-0.39, 0.29) is 11.5 Å². The average Bonchev–Trinajstić information content (AvgIpc) is 3.35. The summed E-state index contributed by atoms with van der Waals surface area (Å²) in [6.07, 6.45) is 1.67. The molecule has 3 aromatic rings. The number of rotatable bonds is 6. The Morgan fingerprint density at radius 1 is 1.13 bits per heavy atom. The van der Waals surface area contributed by atoms with Crippen LogP contribution in [0, 0.1) is 0 Å². The molecule has 1 N–H and O–H groups in total. The highest BCUT2D eigenvalue weighted by atomic mass is 32.2. The lowest BCUT2D eigenvalue weighted by atomic mass is 10.1. The molecule has 8 heteroatoms. The van der Waals surface area contributed by atoms with E-state index in [0.29, 0.717) is 27.3 Å². The Morgan fingerprint density at radius 2 is 1.84 bits per heavy atom. The maximum Gasteiger partial charge on any atom is 0.335 e. The highest BCUT2D eigenvalue weighted by Crippen LogP contribution is 2.34. The van der Waals surface area contributed by atoms with E-state index in [9.17, 15) is 9.59 Å². The summed E-state index contributed by atoms with van der Waals surface area (Å²) < 4.78 is 11.5. The van der Waals surface area contributed by atoms with Crippen LogP contribution < -0.4 is 4.74 Å². The molecular weight excluding hydrogens is 434 g/mol. The molecule has 0 bridgehead atoms. The van der Waals surface area contributed by atoms with Crippen LogP contribution in [0.15, 0.2) is 70.0 Å². The van der Waals surface area contributed by atoms with Gasteiger partial charge in [-0.05, 0) is 42.0 Å². The first kappa shape index (κ1) is 20.9. The summed E-state index contributed by atoms with van der Waals surface area (Å²) in [6, 6.07) is 17.4. The van der Waals surface area contributed by atoms with Crippen molar-refractivity contribution in [1.82, 2.24) is 4.90 Å². The van der Waals surface area contributed by atoms with Gasteiger partial charge in [-0.25, -0.2) is 4.79 Å². The van der Waals surface area contributed by atoms with E-state index in [0.717, 1.165) is 16.9 Å². The predicted octanol–water partition coefficient (Wildman–Crippen LogP) is 5.05. The third-order valence-electron chi connectivity index (χ3n) is 4.69. The second-order valence-corrected chi connectivity index (χ2v) is 8.38. The van der Waals surface area contributed by atoms with E-state index >= 15 is 0 Å². The van der Waals surface area contributed by atoms with Crippen LogP contribution in [-0.2, 0) is 11.3 Å². The Hall–Kier alpha value is -3.36. The van der Waals surface area contributed by atoms with Crippen molar-refractivity contribution in [3.63, 3.8) is 0 Å². The van der Waals surface area contributed by atoms with E-state index in [4.69, 9.17) is 26.5 Å². The Kier molecular flexibility index (Phi) is 5.92. The van der Waals surface area contributed by atoms with Crippen molar-refractivity contribution in [3.05, 3.63) is 82.5 Å². The van der Waals surface area contributed by atoms with Crippen LogP contribution in [0.4, 0.5) is 0 Å². The van der Waals surface area contributed by atoms with Crippen LogP contribution in [0.1, 0.15) is 21.7 Å². The number of thiocarbonyl (C=S) groups is 1. The Balaban J connectivity index is 1.49. The van der Waals surface area contributed by atoms with E-state index in [1.54, 1.807) is 42.4 Å². The monoisotopic (exact) mass is 451 g/mol. The summed E-state index contributed by atoms with van der Waals surface area (Å²) in [5, 5.41) is 9.01. The van der Waals surface area contributed by atoms with Crippen molar-refractivity contribution in [3.8, 4) is 17.1 Å². The van der Waals surface area contributed by atoms with Crippen LogP contribution >= 0.6 is 24.0 Å². The van der Waals surface area contributed by atoms with Gasteiger partial charge in [0.05, 0.1) is 24.1 Å². The number of furan rings is 1. The number of amides is 1. The highest BCUT2D eigenvalue weighted by molar-refractivity contribution is 8.26. The molecule has 1 aliphatic heterocycles. The molecule has 156 valence electrons. The fourth-order valence-electron chi connectivity index (χ4n) is 3.04. The first-order valence-corrected chi connectivity index (χ1v) is 10.5. The van der Waals surface area contributed by atoms with Gasteiger partial charge in [0, 0.05) is 11.6 Å². The molecule has 0 spiro atoms. The van der Waals surface area contributed by atoms with Crippen molar-refractivity contribution in [2.45, 2.75) is 6.54 Å². The van der Waals surface area contributed by atoms with Crippen LogP contribution in [-0.4, -0.2) is 33.3 Å². The number of carbonyl (C=O) groups is 2. The SMILES string of the molecule is COc1ccc(CN2C(=O)C(=Cc3ccc(-c4ccc(C(=O)O)cc4)o3)SC2=S)cc1. The lowest BCUT2D eigenvalue weighted by Crippen LogP contribution is -2.27. The first-order valence-electron chi connectivity index (χ1n) is 9.26. The van der Waals surface area contributed by atoms with Crippen LogP contribution in [0.3, 0.4) is 0 Å². The summed E-state index contributed by atoms with van der Waals surface area (Å²) in [5.41, 5.74) is 1.90. The molecule has 0 atom stereocenters. The van der Waals surface area contributed by atoms with Gasteiger partial charge in [-0.15, -0.1) is 0 Å². The van der Waals surface area contributed by atoms with Gasteiger partial charge in [0.1, 0.15) is 21.6 Å². The molecule has 0 saturated carbocycles. The lowest BCUT2D eigenvalue weighted by Gasteiger charge is -2.14. The molecule has 6 nitrogen and oxygen atoms in total. The minimum Gasteiger partial charge on any atom is -0.497 e. The average molecular weight is 452 g/mol. The second-order valence-electron chi connectivity index (χ2n) is 6.70. The maximum absolute atomic E-state index is 12.9. The number of nitrogens with zero attached hydrogens (tertiary/aromatic N) is 1. The topological polar surface area (TPSA) is 80.0 Å². The van der Waals surface area contributed by atoms with Crippen molar-refractivity contribution >= 4 is 46.3 Å². The molecule has 2 heterocycles. The van der Waals surface area contributed by atoms with Crippen LogP contribution in [0.25, 0.3) is 17.4 Å². The number of hydrogen-bond donors (Lipinski definition) is 1. The molecule has 1 amide bonds. The minimum absolute atomic E-state index is 0.172. The largest absolute Gasteiger partial charge is 0.497 e. The second kappa shape index (κ2) is 8.79. The number of ether oxygens (including phenoxy) is 1. The summed E-state index contributed by atoms with van der Waals surface area (Å²) in [7, 11) is 1.60. The Labute approximate surface area is 188 Å². The lowest BCUT2D eigenvalue weighted by molar-refractivity contribution is -0.122. The number of benzene rings is 2. The molecule has 0 radical (unpaired) electrons. The van der Waals surface area contributed by atoms with Gasteiger partial charge in [0.15, 0.2) is 0 Å². The van der Waals surface area contributed by atoms with Crippen molar-refractivity contribution in [1.29, 1.82) is 0 Å². The Morgan fingerprint density at radius 3 is 2.48 bits per heavy atom. The predicted molar refractivity (Wildman–Crippen MR) is 123 cm³/mol. The fraction of sp³-hybridized carbons (Fsp3) is 0.0870. The molecule has 4 rings (SSSR count).